The molecule has 0 spiro atoms. The van der Waals surface area contributed by atoms with E-state index in [1.54, 1.807) is 64.1 Å². The monoisotopic (exact) mass is 402 g/mol. The van der Waals surface area contributed by atoms with Crippen LogP contribution in [0, 0.1) is 0 Å². The average Bonchev–Trinajstić information content (AvgIpc) is 3.37. The quantitative estimate of drug-likeness (QED) is 0.491. The van der Waals surface area contributed by atoms with Gasteiger partial charge in [0.15, 0.2) is 0 Å². The van der Waals surface area contributed by atoms with E-state index in [2.05, 4.69) is 15.3 Å². The van der Waals surface area contributed by atoms with Gasteiger partial charge in [0, 0.05) is 43.1 Å². The van der Waals surface area contributed by atoms with Crippen LogP contribution in [0.3, 0.4) is 0 Å². The molecule has 7 nitrogen and oxygen atoms in total. The van der Waals surface area contributed by atoms with Crippen molar-refractivity contribution in [3.8, 4) is 22.7 Å². The second kappa shape index (κ2) is 7.47. The first-order chi connectivity index (χ1) is 13.5. The number of aryl methyl sites for hydroxylation is 2. The number of nitrogens with zero attached hydrogens (tertiary/aromatic N) is 6. The minimum atomic E-state index is -2.94. The van der Waals surface area contributed by atoms with Gasteiger partial charge in [-0.25, -0.2) is 4.68 Å². The van der Waals surface area contributed by atoms with Crippen molar-refractivity contribution in [1.29, 1.82) is 0 Å². The van der Waals surface area contributed by atoms with Crippen LogP contribution in [0.4, 0.5) is 8.78 Å². The summed E-state index contributed by atoms with van der Waals surface area (Å²) in [5.41, 5.74) is 1.62. The third-order valence-electron chi connectivity index (χ3n) is 3.90. The van der Waals surface area contributed by atoms with Gasteiger partial charge in [0.1, 0.15) is 17.1 Å². The third-order valence-corrected chi connectivity index (χ3v) is 4.84. The Kier molecular flexibility index (Phi) is 4.86. The Morgan fingerprint density at radius 3 is 2.61 bits per heavy atom. The summed E-state index contributed by atoms with van der Waals surface area (Å²) in [5.74, 6) is 0.0534. The van der Waals surface area contributed by atoms with Crippen LogP contribution in [0.1, 0.15) is 0 Å². The Hall–Kier alpha value is -3.14. The molecule has 144 valence electrons. The molecule has 0 unspecified atom stereocenters. The summed E-state index contributed by atoms with van der Waals surface area (Å²) in [6, 6.07) is 6.82. The first kappa shape index (κ1) is 18.2. The second-order valence-corrected chi connectivity index (χ2v) is 7.12. The zero-order valence-corrected chi connectivity index (χ0v) is 15.8. The molecule has 0 saturated heterocycles. The van der Waals surface area contributed by atoms with Gasteiger partial charge in [-0.05, 0) is 24.3 Å². The van der Waals surface area contributed by atoms with Gasteiger partial charge >= 0.3 is 6.61 Å². The van der Waals surface area contributed by atoms with E-state index in [0.717, 1.165) is 9.79 Å². The minimum Gasteiger partial charge on any atom is -0.434 e. The zero-order chi connectivity index (χ0) is 19.7. The highest BCUT2D eigenvalue weighted by Crippen LogP contribution is 2.38. The number of hydrogen-bond acceptors (Lipinski definition) is 5. The van der Waals surface area contributed by atoms with Gasteiger partial charge in [0.2, 0.25) is 0 Å². The summed E-state index contributed by atoms with van der Waals surface area (Å²) < 4.78 is 35.6. The van der Waals surface area contributed by atoms with Gasteiger partial charge in [-0.3, -0.25) is 9.36 Å². The molecule has 0 atom stereocenters. The van der Waals surface area contributed by atoms with Crippen molar-refractivity contribution >= 4 is 11.8 Å². The van der Waals surface area contributed by atoms with E-state index in [1.807, 2.05) is 13.2 Å². The molecule has 0 aliphatic heterocycles. The molecule has 10 heteroatoms. The summed E-state index contributed by atoms with van der Waals surface area (Å²) >= 11 is 1.47. The molecular formula is C18H16F2N6OS. The van der Waals surface area contributed by atoms with E-state index >= 15 is 0 Å². The molecule has 0 saturated carbocycles. The van der Waals surface area contributed by atoms with Gasteiger partial charge in [0.05, 0.1) is 17.3 Å². The van der Waals surface area contributed by atoms with Crippen molar-refractivity contribution in [2.24, 2.45) is 14.1 Å². The highest BCUT2D eigenvalue weighted by molar-refractivity contribution is 7.99. The Balaban J connectivity index is 1.81. The van der Waals surface area contributed by atoms with Crippen molar-refractivity contribution in [3.63, 3.8) is 0 Å². The Bertz CT molecular complexity index is 1090. The molecule has 0 aliphatic rings. The largest absolute Gasteiger partial charge is 0.434 e. The molecule has 0 amide bonds. The minimum absolute atomic E-state index is 0.0534. The van der Waals surface area contributed by atoms with E-state index < -0.39 is 6.61 Å². The molecule has 0 fully saturated rings. The van der Waals surface area contributed by atoms with Crippen LogP contribution in [0.15, 0.2) is 65.0 Å². The number of halogens is 2. The fourth-order valence-corrected chi connectivity index (χ4v) is 3.68. The average molecular weight is 402 g/mol. The van der Waals surface area contributed by atoms with Crippen molar-refractivity contribution in [3.05, 3.63) is 55.2 Å². The first-order valence-corrected chi connectivity index (χ1v) is 9.10. The molecular weight excluding hydrogens is 386 g/mol. The maximum absolute atomic E-state index is 13.0. The molecule has 28 heavy (non-hydrogen) atoms. The summed E-state index contributed by atoms with van der Waals surface area (Å²) in [5, 5.41) is 12.8. The van der Waals surface area contributed by atoms with Crippen LogP contribution >= 0.6 is 11.8 Å². The van der Waals surface area contributed by atoms with Gasteiger partial charge in [-0.1, -0.05) is 11.8 Å². The van der Waals surface area contributed by atoms with Gasteiger partial charge in [-0.15, -0.1) is 0 Å². The molecule has 4 rings (SSSR count). The smallest absolute Gasteiger partial charge is 0.387 e. The number of rotatable bonds is 6. The molecule has 0 bridgehead atoms. The maximum atomic E-state index is 13.0. The first-order valence-electron chi connectivity index (χ1n) is 8.29. The van der Waals surface area contributed by atoms with Crippen molar-refractivity contribution in [2.75, 3.05) is 0 Å². The lowest BCUT2D eigenvalue weighted by atomic mass is 10.1. The lowest BCUT2D eigenvalue weighted by Crippen LogP contribution is -2.04. The zero-order valence-electron chi connectivity index (χ0n) is 15.0. The van der Waals surface area contributed by atoms with Crippen LogP contribution < -0.4 is 4.74 Å². The van der Waals surface area contributed by atoms with Crippen molar-refractivity contribution in [1.82, 2.24) is 29.3 Å². The van der Waals surface area contributed by atoms with Crippen LogP contribution in [0.5, 0.6) is 5.75 Å². The maximum Gasteiger partial charge on any atom is 0.387 e. The lowest BCUT2D eigenvalue weighted by molar-refractivity contribution is -0.0494. The molecule has 0 N–H and O–H groups in total. The highest BCUT2D eigenvalue weighted by Gasteiger charge is 2.20. The van der Waals surface area contributed by atoms with Crippen LogP contribution in [-0.4, -0.2) is 36.0 Å². The SMILES string of the molecule is Cn1cc(Sc2ccc(OC(F)F)c(-c3nn(C)cc3-n3cccn3)c2)cn1. The Morgan fingerprint density at radius 1 is 1.07 bits per heavy atom. The molecule has 4 aromatic rings. The van der Waals surface area contributed by atoms with E-state index in [-0.39, 0.29) is 5.75 Å². The molecule has 3 aromatic heterocycles. The summed E-state index contributed by atoms with van der Waals surface area (Å²) in [6.45, 7) is -2.94. The Labute approximate surface area is 163 Å². The van der Waals surface area contributed by atoms with E-state index in [0.29, 0.717) is 16.9 Å². The topological polar surface area (TPSA) is 62.7 Å². The number of ether oxygens (including phenoxy) is 1. The fraction of sp³-hybridized carbons (Fsp3) is 0.167. The van der Waals surface area contributed by atoms with E-state index in [1.165, 1.54) is 17.8 Å². The van der Waals surface area contributed by atoms with E-state index in [4.69, 9.17) is 4.74 Å². The number of aromatic nitrogens is 6. The normalized spacial score (nSPS) is 11.3. The third kappa shape index (κ3) is 3.77. The predicted octanol–water partition coefficient (Wildman–Crippen LogP) is 3.76. The van der Waals surface area contributed by atoms with Crippen LogP contribution in [0.2, 0.25) is 0 Å². The van der Waals surface area contributed by atoms with E-state index in [9.17, 15) is 8.78 Å². The van der Waals surface area contributed by atoms with Crippen molar-refractivity contribution in [2.45, 2.75) is 16.4 Å². The molecule has 0 radical (unpaired) electrons. The van der Waals surface area contributed by atoms with Gasteiger partial charge in [-0.2, -0.15) is 24.1 Å². The van der Waals surface area contributed by atoms with Crippen LogP contribution in [0.25, 0.3) is 16.9 Å². The summed E-state index contributed by atoms with van der Waals surface area (Å²) in [6.07, 6.45) is 8.80. The molecule has 3 heterocycles. The highest BCUT2D eigenvalue weighted by atomic mass is 32.2. The fourth-order valence-electron chi connectivity index (χ4n) is 2.79. The summed E-state index contributed by atoms with van der Waals surface area (Å²) in [4.78, 5) is 1.78. The molecule has 1 aromatic carbocycles. The standard InChI is InChI=1S/C18H16F2N6OS/c1-24-10-13(9-22-24)28-12-4-5-16(27-18(19)20)14(8-12)17-15(11-25(2)23-17)26-7-3-6-21-26/h3-11,18H,1-2H3. The lowest BCUT2D eigenvalue weighted by Gasteiger charge is -2.12. The van der Waals surface area contributed by atoms with Crippen molar-refractivity contribution < 1.29 is 13.5 Å². The van der Waals surface area contributed by atoms with Gasteiger partial charge in [0.25, 0.3) is 0 Å². The summed E-state index contributed by atoms with van der Waals surface area (Å²) in [7, 11) is 3.59. The number of alkyl halides is 2. The number of hydrogen-bond donors (Lipinski definition) is 0. The number of benzene rings is 1. The molecule has 0 aliphatic carbocycles. The van der Waals surface area contributed by atoms with Gasteiger partial charge < -0.3 is 4.74 Å². The Morgan fingerprint density at radius 2 is 1.93 bits per heavy atom. The van der Waals surface area contributed by atoms with Crippen LogP contribution in [-0.2, 0) is 14.1 Å². The second-order valence-electron chi connectivity index (χ2n) is 5.98. The predicted molar refractivity (Wildman–Crippen MR) is 99.7 cm³/mol.